The van der Waals surface area contributed by atoms with Crippen LogP contribution in [0.3, 0.4) is 0 Å². The third-order valence-corrected chi connectivity index (χ3v) is 2.62. The number of ketones is 1. The van der Waals surface area contributed by atoms with Gasteiger partial charge in [-0.2, -0.15) is 0 Å². The zero-order valence-corrected chi connectivity index (χ0v) is 10.0. The van der Waals surface area contributed by atoms with Crippen molar-refractivity contribution >= 4 is 5.78 Å². The predicted molar refractivity (Wildman–Crippen MR) is 70.6 cm³/mol. The summed E-state index contributed by atoms with van der Waals surface area (Å²) in [6.45, 7) is 0.529. The Morgan fingerprint density at radius 2 is 1.67 bits per heavy atom. The molecule has 0 aliphatic carbocycles. The van der Waals surface area contributed by atoms with Gasteiger partial charge in [0.15, 0.2) is 12.4 Å². The zero-order valence-electron chi connectivity index (χ0n) is 10.0. The lowest BCUT2D eigenvalue weighted by atomic mass is 10.1. The minimum absolute atomic E-state index is 0.0394. The van der Waals surface area contributed by atoms with Gasteiger partial charge in [0.25, 0.3) is 0 Å². The molecule has 0 amide bonds. The molecule has 3 nitrogen and oxygen atoms in total. The van der Waals surface area contributed by atoms with E-state index in [0.717, 1.165) is 5.56 Å². The summed E-state index contributed by atoms with van der Waals surface area (Å²) in [5.41, 5.74) is 7.15. The number of hydrogen-bond acceptors (Lipinski definition) is 3. The summed E-state index contributed by atoms with van der Waals surface area (Å²) < 4.78 is 5.40. The third-order valence-electron chi connectivity index (χ3n) is 2.62. The molecule has 2 N–H and O–H groups in total. The van der Waals surface area contributed by atoms with E-state index in [1.54, 1.807) is 12.1 Å². The molecule has 0 radical (unpaired) electrons. The van der Waals surface area contributed by atoms with Crippen molar-refractivity contribution in [3.05, 3.63) is 65.7 Å². The number of hydrogen-bond donors (Lipinski definition) is 1. The van der Waals surface area contributed by atoms with Gasteiger partial charge in [-0.25, -0.2) is 0 Å². The van der Waals surface area contributed by atoms with Crippen molar-refractivity contribution in [2.75, 3.05) is 6.61 Å². The summed E-state index contributed by atoms with van der Waals surface area (Å²) in [5, 5.41) is 0. The van der Waals surface area contributed by atoms with Crippen LogP contribution < -0.4 is 10.5 Å². The molecule has 92 valence electrons. The molecule has 0 aliphatic heterocycles. The molecule has 0 fully saturated rings. The van der Waals surface area contributed by atoms with E-state index < -0.39 is 0 Å². The first kappa shape index (κ1) is 12.3. The van der Waals surface area contributed by atoms with Crippen molar-refractivity contribution in [3.8, 4) is 5.75 Å². The first-order valence-electron chi connectivity index (χ1n) is 5.79. The molecule has 2 aromatic rings. The summed E-state index contributed by atoms with van der Waals surface area (Å²) in [5.74, 6) is 0.659. The molecule has 0 heterocycles. The van der Waals surface area contributed by atoms with E-state index >= 15 is 0 Å². The standard InChI is InChI=1S/C15H15NO2/c16-10-12-6-8-13(9-7-12)15(17)11-18-14-4-2-1-3-5-14/h1-9H,10-11,16H2. The highest BCUT2D eigenvalue weighted by Gasteiger charge is 2.06. The van der Waals surface area contributed by atoms with Crippen molar-refractivity contribution in [1.29, 1.82) is 0 Å². The van der Waals surface area contributed by atoms with Gasteiger partial charge in [0.1, 0.15) is 5.75 Å². The second-order valence-electron chi connectivity index (χ2n) is 3.93. The van der Waals surface area contributed by atoms with Crippen LogP contribution in [0.1, 0.15) is 15.9 Å². The van der Waals surface area contributed by atoms with Crippen LogP contribution in [-0.2, 0) is 6.54 Å². The van der Waals surface area contributed by atoms with Crippen molar-refractivity contribution in [1.82, 2.24) is 0 Å². The Kier molecular flexibility index (Phi) is 4.10. The van der Waals surface area contributed by atoms with Crippen LogP contribution in [0.2, 0.25) is 0 Å². The Morgan fingerprint density at radius 3 is 2.28 bits per heavy atom. The molecule has 0 unspecified atom stereocenters. The van der Waals surface area contributed by atoms with Gasteiger partial charge in [0.2, 0.25) is 0 Å². The van der Waals surface area contributed by atoms with E-state index in [2.05, 4.69) is 0 Å². The van der Waals surface area contributed by atoms with Gasteiger partial charge in [0, 0.05) is 12.1 Å². The number of carbonyl (C=O) groups is 1. The van der Waals surface area contributed by atoms with Crippen LogP contribution in [0, 0.1) is 0 Å². The Bertz CT molecular complexity index is 506. The fourth-order valence-electron chi connectivity index (χ4n) is 1.58. The molecule has 0 spiro atoms. The van der Waals surface area contributed by atoms with E-state index in [1.807, 2.05) is 42.5 Å². The van der Waals surface area contributed by atoms with Crippen LogP contribution in [-0.4, -0.2) is 12.4 Å². The van der Waals surface area contributed by atoms with Crippen LogP contribution in [0.4, 0.5) is 0 Å². The second-order valence-corrected chi connectivity index (χ2v) is 3.93. The maximum Gasteiger partial charge on any atom is 0.200 e. The van der Waals surface area contributed by atoms with Gasteiger partial charge >= 0.3 is 0 Å². The molecule has 0 aliphatic rings. The lowest BCUT2D eigenvalue weighted by Gasteiger charge is -2.05. The lowest BCUT2D eigenvalue weighted by Crippen LogP contribution is -2.11. The Hall–Kier alpha value is -2.13. The summed E-state index contributed by atoms with van der Waals surface area (Å²) in [6, 6.07) is 16.6. The molecule has 18 heavy (non-hydrogen) atoms. The predicted octanol–water partition coefficient (Wildman–Crippen LogP) is 2.41. The number of benzene rings is 2. The van der Waals surface area contributed by atoms with E-state index in [4.69, 9.17) is 10.5 Å². The largest absolute Gasteiger partial charge is 0.485 e. The molecule has 0 saturated heterocycles. The highest BCUT2D eigenvalue weighted by Crippen LogP contribution is 2.10. The molecular formula is C15H15NO2. The van der Waals surface area contributed by atoms with Crippen LogP contribution in [0.15, 0.2) is 54.6 Å². The topological polar surface area (TPSA) is 52.3 Å². The van der Waals surface area contributed by atoms with Crippen molar-refractivity contribution in [2.24, 2.45) is 5.73 Å². The molecule has 0 atom stereocenters. The first-order valence-corrected chi connectivity index (χ1v) is 5.79. The fourth-order valence-corrected chi connectivity index (χ4v) is 1.58. The monoisotopic (exact) mass is 241 g/mol. The van der Waals surface area contributed by atoms with E-state index in [1.165, 1.54) is 0 Å². The third kappa shape index (κ3) is 3.18. The normalized spacial score (nSPS) is 10.1. The molecular weight excluding hydrogens is 226 g/mol. The number of carbonyl (C=O) groups excluding carboxylic acids is 1. The Morgan fingerprint density at radius 1 is 1.00 bits per heavy atom. The van der Waals surface area contributed by atoms with Crippen LogP contribution in [0.5, 0.6) is 5.75 Å². The van der Waals surface area contributed by atoms with Gasteiger partial charge in [-0.3, -0.25) is 4.79 Å². The van der Waals surface area contributed by atoms with E-state index in [0.29, 0.717) is 17.9 Å². The first-order chi connectivity index (χ1) is 8.79. The van der Waals surface area contributed by atoms with Gasteiger partial charge < -0.3 is 10.5 Å². The molecule has 0 bridgehead atoms. The average molecular weight is 241 g/mol. The molecule has 2 rings (SSSR count). The minimum Gasteiger partial charge on any atom is -0.485 e. The fraction of sp³-hybridized carbons (Fsp3) is 0.133. The van der Waals surface area contributed by atoms with Crippen molar-refractivity contribution in [3.63, 3.8) is 0 Å². The number of para-hydroxylation sites is 1. The number of nitrogens with two attached hydrogens (primary N) is 1. The molecule has 0 aromatic heterocycles. The zero-order chi connectivity index (χ0) is 12.8. The number of rotatable bonds is 5. The lowest BCUT2D eigenvalue weighted by molar-refractivity contribution is 0.0921. The number of Topliss-reactive ketones (excluding diaryl/α,β-unsaturated/α-hetero) is 1. The van der Waals surface area contributed by atoms with Gasteiger partial charge in [0.05, 0.1) is 0 Å². The Labute approximate surface area is 106 Å². The Balaban J connectivity index is 1.95. The summed E-state index contributed by atoms with van der Waals surface area (Å²) in [6.07, 6.45) is 0. The van der Waals surface area contributed by atoms with Crippen LogP contribution in [0.25, 0.3) is 0 Å². The van der Waals surface area contributed by atoms with Gasteiger partial charge in [-0.1, -0.05) is 42.5 Å². The summed E-state index contributed by atoms with van der Waals surface area (Å²) in [4.78, 5) is 11.9. The second kappa shape index (κ2) is 5.98. The van der Waals surface area contributed by atoms with Crippen molar-refractivity contribution in [2.45, 2.75) is 6.54 Å². The SMILES string of the molecule is NCc1ccc(C(=O)COc2ccccc2)cc1. The smallest absolute Gasteiger partial charge is 0.200 e. The molecule has 0 saturated carbocycles. The summed E-state index contributed by atoms with van der Waals surface area (Å²) >= 11 is 0. The average Bonchev–Trinajstić information content (AvgIpc) is 2.46. The minimum atomic E-state index is -0.0394. The van der Waals surface area contributed by atoms with Crippen molar-refractivity contribution < 1.29 is 9.53 Å². The maximum absolute atomic E-state index is 11.9. The van der Waals surface area contributed by atoms with Gasteiger partial charge in [-0.05, 0) is 17.7 Å². The van der Waals surface area contributed by atoms with E-state index in [-0.39, 0.29) is 12.4 Å². The van der Waals surface area contributed by atoms with Crippen LogP contribution >= 0.6 is 0 Å². The highest BCUT2D eigenvalue weighted by molar-refractivity contribution is 5.97. The quantitative estimate of drug-likeness (QED) is 0.818. The molecule has 2 aromatic carbocycles. The summed E-state index contributed by atoms with van der Waals surface area (Å²) in [7, 11) is 0. The highest BCUT2D eigenvalue weighted by atomic mass is 16.5. The van der Waals surface area contributed by atoms with Gasteiger partial charge in [-0.15, -0.1) is 0 Å². The van der Waals surface area contributed by atoms with E-state index in [9.17, 15) is 4.79 Å². The molecule has 3 heteroatoms. The maximum atomic E-state index is 11.9. The number of ether oxygens (including phenoxy) is 1.